The van der Waals surface area contributed by atoms with E-state index < -0.39 is 5.95 Å². The molecule has 0 aliphatic carbocycles. The van der Waals surface area contributed by atoms with Crippen molar-refractivity contribution in [3.63, 3.8) is 0 Å². The van der Waals surface area contributed by atoms with Crippen LogP contribution in [-0.2, 0) is 27.2 Å². The van der Waals surface area contributed by atoms with Crippen LogP contribution in [-0.4, -0.2) is 112 Å². The predicted molar refractivity (Wildman–Crippen MR) is 260 cm³/mol. The Balaban J connectivity index is 0.000000166. The van der Waals surface area contributed by atoms with E-state index in [1.807, 2.05) is 67.6 Å². The minimum absolute atomic E-state index is 0.421. The number of aromatic nitrogens is 10. The lowest BCUT2D eigenvalue weighted by Crippen LogP contribution is -2.43. The Bertz CT molecular complexity index is 2750. The third kappa shape index (κ3) is 9.46. The number of anilines is 2. The van der Waals surface area contributed by atoms with Gasteiger partial charge in [0.15, 0.2) is 11.6 Å². The maximum atomic E-state index is 13.3. The minimum Gasteiger partial charge on any atom is -0.354 e. The molecule has 0 saturated carbocycles. The third-order valence-corrected chi connectivity index (χ3v) is 13.6. The highest BCUT2D eigenvalue weighted by Crippen LogP contribution is 2.35. The summed E-state index contributed by atoms with van der Waals surface area (Å²) in [4.78, 5) is 17.9. The SMILES string of the molecule is Cc1nc(Cl)ccc1CN(C)C1CCN(c2nnc(-c3ccnn3C)c3ccccc23)CC1.Cc1nc(F)ccc1CN(C)C1CCN(c2nnc(-c3ccnn3C)c3ccccc23)CC1. The molecular weight excluding hydrogens is 851 g/mol. The van der Waals surface area contributed by atoms with E-state index in [1.54, 1.807) is 12.4 Å². The van der Waals surface area contributed by atoms with Crippen LogP contribution in [0.4, 0.5) is 16.0 Å². The second-order valence-electron chi connectivity index (χ2n) is 17.5. The topological polar surface area (TPSA) is 126 Å². The van der Waals surface area contributed by atoms with Gasteiger partial charge in [0.2, 0.25) is 5.95 Å². The summed E-state index contributed by atoms with van der Waals surface area (Å²) >= 11 is 6.02. The van der Waals surface area contributed by atoms with Crippen molar-refractivity contribution >= 4 is 44.8 Å². The van der Waals surface area contributed by atoms with Gasteiger partial charge in [-0.25, -0.2) is 9.97 Å². The van der Waals surface area contributed by atoms with Crippen LogP contribution in [0.3, 0.4) is 0 Å². The van der Waals surface area contributed by atoms with Crippen molar-refractivity contribution in [2.75, 3.05) is 50.1 Å². The van der Waals surface area contributed by atoms with Crippen molar-refractivity contribution in [1.82, 2.24) is 59.7 Å². The molecule has 340 valence electrons. The molecule has 8 aromatic rings. The number of nitrogens with zero attached hydrogens (tertiary/aromatic N) is 14. The zero-order valence-corrected chi connectivity index (χ0v) is 39.2. The van der Waals surface area contributed by atoms with Crippen molar-refractivity contribution in [3.8, 4) is 22.8 Å². The molecule has 0 unspecified atom stereocenters. The van der Waals surface area contributed by atoms with Crippen molar-refractivity contribution in [3.05, 3.63) is 131 Å². The maximum absolute atomic E-state index is 13.3. The van der Waals surface area contributed by atoms with E-state index in [2.05, 4.69) is 123 Å². The van der Waals surface area contributed by atoms with Gasteiger partial charge in [-0.2, -0.15) is 14.6 Å². The normalized spacial score (nSPS) is 15.0. The smallest absolute Gasteiger partial charge is 0.213 e. The Morgan fingerprint density at radius 1 is 0.561 bits per heavy atom. The Morgan fingerprint density at radius 3 is 1.39 bits per heavy atom. The first-order valence-electron chi connectivity index (χ1n) is 22.6. The predicted octanol–water partition coefficient (Wildman–Crippen LogP) is 8.46. The Hall–Kier alpha value is -6.42. The molecule has 2 saturated heterocycles. The highest BCUT2D eigenvalue weighted by Gasteiger charge is 2.28. The third-order valence-electron chi connectivity index (χ3n) is 13.4. The summed E-state index contributed by atoms with van der Waals surface area (Å²) in [5.74, 6) is 1.49. The number of piperidine rings is 2. The van der Waals surface area contributed by atoms with Gasteiger partial charge in [-0.1, -0.05) is 72.3 Å². The largest absolute Gasteiger partial charge is 0.354 e. The summed E-state index contributed by atoms with van der Waals surface area (Å²) in [5.41, 5.74) is 7.71. The van der Waals surface area contributed by atoms with E-state index in [0.29, 0.717) is 17.2 Å². The lowest BCUT2D eigenvalue weighted by Gasteiger charge is -2.37. The first kappa shape index (κ1) is 44.8. The van der Waals surface area contributed by atoms with Crippen molar-refractivity contribution in [2.24, 2.45) is 14.1 Å². The molecule has 0 spiro atoms. The molecule has 66 heavy (non-hydrogen) atoms. The number of fused-ring (bicyclic) bond motifs is 2. The number of pyridine rings is 2. The molecule has 8 heterocycles. The van der Waals surface area contributed by atoms with Crippen LogP contribution in [0, 0.1) is 19.8 Å². The molecule has 0 atom stereocenters. The number of hydrogen-bond donors (Lipinski definition) is 0. The monoisotopic (exact) mass is 906 g/mol. The lowest BCUT2D eigenvalue weighted by atomic mass is 10.0. The Morgan fingerprint density at radius 2 is 0.985 bits per heavy atom. The lowest BCUT2D eigenvalue weighted by molar-refractivity contribution is 0.199. The Labute approximate surface area is 390 Å². The number of benzene rings is 2. The number of hydrogen-bond acceptors (Lipinski definition) is 12. The summed E-state index contributed by atoms with van der Waals surface area (Å²) < 4.78 is 17.0. The van der Waals surface area contributed by atoms with E-state index in [9.17, 15) is 4.39 Å². The van der Waals surface area contributed by atoms with Crippen LogP contribution in [0.2, 0.25) is 5.15 Å². The molecule has 2 fully saturated rings. The van der Waals surface area contributed by atoms with Gasteiger partial charge < -0.3 is 9.80 Å². The summed E-state index contributed by atoms with van der Waals surface area (Å²) in [6, 6.07) is 28.9. The summed E-state index contributed by atoms with van der Waals surface area (Å²) in [5, 5.41) is 32.2. The molecule has 2 aliphatic heterocycles. The average Bonchev–Trinajstić information content (AvgIpc) is 3.97. The number of halogens is 2. The van der Waals surface area contributed by atoms with Gasteiger partial charge in [-0.15, -0.1) is 20.4 Å². The fourth-order valence-electron chi connectivity index (χ4n) is 9.52. The minimum atomic E-state index is -0.421. The standard InChI is InChI=1S/C25H28ClN7.C25H28FN7/c2*1-17-18(8-9-23(26)28-17)16-31(2)19-11-14-33(15-12-19)25-21-7-5-4-6-20(21)24(29-30-25)22-10-13-27-32(22)3/h2*4-10,13,19H,11-12,14-16H2,1-3H3. The molecule has 0 amide bonds. The summed E-state index contributed by atoms with van der Waals surface area (Å²) in [7, 11) is 8.19. The van der Waals surface area contributed by atoms with Gasteiger partial charge in [0.05, 0.1) is 11.4 Å². The Kier molecular flexibility index (Phi) is 13.3. The van der Waals surface area contributed by atoms with Crippen LogP contribution in [0.1, 0.15) is 48.2 Å². The van der Waals surface area contributed by atoms with E-state index in [1.165, 1.54) is 11.6 Å². The van der Waals surface area contributed by atoms with E-state index in [0.717, 1.165) is 138 Å². The van der Waals surface area contributed by atoms with Gasteiger partial charge in [0.1, 0.15) is 16.5 Å². The fraction of sp³-hybridized carbons (Fsp3) is 0.360. The highest BCUT2D eigenvalue weighted by molar-refractivity contribution is 6.29. The quantitative estimate of drug-likeness (QED) is 0.122. The van der Waals surface area contributed by atoms with Gasteiger partial charge in [0, 0.05) is 111 Å². The fourth-order valence-corrected chi connectivity index (χ4v) is 9.71. The number of rotatable bonds is 10. The first-order chi connectivity index (χ1) is 32.0. The van der Waals surface area contributed by atoms with Crippen LogP contribution in [0.15, 0.2) is 97.3 Å². The molecule has 0 radical (unpaired) electrons. The average molecular weight is 908 g/mol. The second-order valence-corrected chi connectivity index (χ2v) is 17.9. The van der Waals surface area contributed by atoms with Crippen molar-refractivity contribution < 1.29 is 4.39 Å². The summed E-state index contributed by atoms with van der Waals surface area (Å²) in [6.45, 7) is 9.28. The molecule has 0 bridgehead atoms. The van der Waals surface area contributed by atoms with Crippen LogP contribution < -0.4 is 9.80 Å². The van der Waals surface area contributed by atoms with Crippen LogP contribution >= 0.6 is 11.6 Å². The van der Waals surface area contributed by atoms with Gasteiger partial charge >= 0.3 is 0 Å². The zero-order chi connectivity index (χ0) is 45.9. The molecule has 2 aromatic carbocycles. The molecular formula is C50H56ClFN14. The van der Waals surface area contributed by atoms with Crippen molar-refractivity contribution in [2.45, 2.75) is 64.7 Å². The van der Waals surface area contributed by atoms with E-state index in [-0.39, 0.29) is 0 Å². The number of aryl methyl sites for hydroxylation is 4. The highest BCUT2D eigenvalue weighted by atomic mass is 35.5. The van der Waals surface area contributed by atoms with Crippen LogP contribution in [0.5, 0.6) is 0 Å². The molecule has 16 heteroatoms. The molecule has 0 N–H and O–H groups in total. The molecule has 2 aliphatic rings. The maximum Gasteiger partial charge on any atom is 0.213 e. The second kappa shape index (κ2) is 19.6. The molecule has 6 aromatic heterocycles. The van der Waals surface area contributed by atoms with E-state index in [4.69, 9.17) is 11.6 Å². The molecule has 14 nitrogen and oxygen atoms in total. The molecule has 10 rings (SSSR count). The first-order valence-corrected chi connectivity index (χ1v) is 23.0. The van der Waals surface area contributed by atoms with Crippen molar-refractivity contribution in [1.29, 1.82) is 0 Å². The zero-order valence-electron chi connectivity index (χ0n) is 38.5. The van der Waals surface area contributed by atoms with Crippen LogP contribution in [0.25, 0.3) is 44.3 Å². The van der Waals surface area contributed by atoms with E-state index >= 15 is 0 Å². The van der Waals surface area contributed by atoms with Gasteiger partial charge in [-0.05, 0) is 89.0 Å². The van der Waals surface area contributed by atoms with Gasteiger partial charge in [-0.3, -0.25) is 19.2 Å². The van der Waals surface area contributed by atoms with Gasteiger partial charge in [0.25, 0.3) is 0 Å². The summed E-state index contributed by atoms with van der Waals surface area (Å²) in [6.07, 6.45) is 7.80.